The standard InChI is InChI=1S/C14H21N3O3S/c1-21(19,20)17-8-4-7-15-14(18)9-11-10-16-13-6-3-2-5-12(11)13/h2-3,5-6,11,16-17H,4,7-10H2,1H3,(H,15,18). The van der Waals surface area contributed by atoms with Gasteiger partial charge in [-0.05, 0) is 18.1 Å². The molecule has 21 heavy (non-hydrogen) atoms. The van der Waals surface area contributed by atoms with Gasteiger partial charge in [0.15, 0.2) is 0 Å². The molecule has 3 N–H and O–H groups in total. The Bertz CT molecular complexity index is 601. The third-order valence-electron chi connectivity index (χ3n) is 3.41. The molecule has 0 fully saturated rings. The van der Waals surface area contributed by atoms with Gasteiger partial charge in [-0.1, -0.05) is 18.2 Å². The van der Waals surface area contributed by atoms with E-state index in [1.165, 1.54) is 5.56 Å². The van der Waals surface area contributed by atoms with Crippen LogP contribution in [0.2, 0.25) is 0 Å². The van der Waals surface area contributed by atoms with Crippen LogP contribution in [0.15, 0.2) is 24.3 Å². The summed E-state index contributed by atoms with van der Waals surface area (Å²) >= 11 is 0. The first kappa shape index (κ1) is 15.8. The molecule has 0 bridgehead atoms. The zero-order valence-corrected chi connectivity index (χ0v) is 12.9. The molecule has 0 saturated carbocycles. The highest BCUT2D eigenvalue weighted by atomic mass is 32.2. The van der Waals surface area contributed by atoms with E-state index in [0.717, 1.165) is 18.5 Å². The van der Waals surface area contributed by atoms with Gasteiger partial charge >= 0.3 is 0 Å². The monoisotopic (exact) mass is 311 g/mol. The lowest BCUT2D eigenvalue weighted by Gasteiger charge is -2.10. The number of benzene rings is 1. The molecule has 7 heteroatoms. The molecular formula is C14H21N3O3S. The first-order chi connectivity index (χ1) is 9.96. The minimum absolute atomic E-state index is 0.00198. The summed E-state index contributed by atoms with van der Waals surface area (Å²) in [6.45, 7) is 1.60. The maximum atomic E-state index is 11.9. The van der Waals surface area contributed by atoms with Gasteiger partial charge in [-0.15, -0.1) is 0 Å². The Labute approximate surface area is 125 Å². The molecule has 0 saturated heterocycles. The first-order valence-corrected chi connectivity index (χ1v) is 8.89. The van der Waals surface area contributed by atoms with E-state index in [-0.39, 0.29) is 11.8 Å². The predicted octanol–water partition coefficient (Wildman–Crippen LogP) is 0.641. The molecule has 1 heterocycles. The molecule has 1 aromatic rings. The van der Waals surface area contributed by atoms with E-state index in [9.17, 15) is 13.2 Å². The highest BCUT2D eigenvalue weighted by Crippen LogP contribution is 2.32. The minimum atomic E-state index is -3.15. The number of fused-ring (bicyclic) bond motifs is 1. The van der Waals surface area contributed by atoms with Gasteiger partial charge in [-0.25, -0.2) is 13.1 Å². The fourth-order valence-corrected chi connectivity index (χ4v) is 2.92. The third kappa shape index (κ3) is 5.02. The zero-order chi connectivity index (χ0) is 15.3. The Morgan fingerprint density at radius 2 is 2.10 bits per heavy atom. The number of anilines is 1. The van der Waals surface area contributed by atoms with Gasteiger partial charge in [0.25, 0.3) is 0 Å². The van der Waals surface area contributed by atoms with E-state index in [0.29, 0.717) is 25.9 Å². The number of sulfonamides is 1. The number of nitrogens with one attached hydrogen (secondary N) is 3. The van der Waals surface area contributed by atoms with Crippen LogP contribution in [0.1, 0.15) is 24.3 Å². The van der Waals surface area contributed by atoms with Crippen LogP contribution in [0.25, 0.3) is 0 Å². The lowest BCUT2D eigenvalue weighted by atomic mass is 9.97. The van der Waals surface area contributed by atoms with Crippen LogP contribution < -0.4 is 15.4 Å². The van der Waals surface area contributed by atoms with Crippen molar-refractivity contribution in [1.82, 2.24) is 10.0 Å². The molecule has 0 radical (unpaired) electrons. The Hall–Kier alpha value is -1.60. The van der Waals surface area contributed by atoms with E-state index >= 15 is 0 Å². The zero-order valence-electron chi connectivity index (χ0n) is 12.1. The Morgan fingerprint density at radius 3 is 2.86 bits per heavy atom. The average Bonchev–Trinajstić information content (AvgIpc) is 2.81. The smallest absolute Gasteiger partial charge is 0.220 e. The molecule has 2 rings (SSSR count). The van der Waals surface area contributed by atoms with Gasteiger partial charge in [0.1, 0.15) is 0 Å². The molecule has 1 amide bonds. The van der Waals surface area contributed by atoms with Crippen molar-refractivity contribution >= 4 is 21.6 Å². The van der Waals surface area contributed by atoms with Gasteiger partial charge in [0, 0.05) is 37.7 Å². The van der Waals surface area contributed by atoms with Crippen molar-refractivity contribution in [3.8, 4) is 0 Å². The van der Waals surface area contributed by atoms with Gasteiger partial charge in [-0.2, -0.15) is 0 Å². The summed E-state index contributed by atoms with van der Waals surface area (Å²) in [5, 5.41) is 6.12. The highest BCUT2D eigenvalue weighted by Gasteiger charge is 2.23. The van der Waals surface area contributed by atoms with Crippen LogP contribution >= 0.6 is 0 Å². The Kier molecular flexibility index (Phi) is 5.19. The number of carbonyl (C=O) groups excluding carboxylic acids is 1. The van der Waals surface area contributed by atoms with Crippen molar-refractivity contribution in [2.75, 3.05) is 31.2 Å². The topological polar surface area (TPSA) is 87.3 Å². The Morgan fingerprint density at radius 1 is 1.33 bits per heavy atom. The number of rotatable bonds is 7. The van der Waals surface area contributed by atoms with Gasteiger partial charge in [0.05, 0.1) is 6.26 Å². The maximum Gasteiger partial charge on any atom is 0.220 e. The van der Waals surface area contributed by atoms with Crippen LogP contribution in [-0.4, -0.2) is 40.2 Å². The average molecular weight is 311 g/mol. The largest absolute Gasteiger partial charge is 0.384 e. The second-order valence-corrected chi connectivity index (χ2v) is 7.07. The van der Waals surface area contributed by atoms with Crippen molar-refractivity contribution in [1.29, 1.82) is 0 Å². The molecule has 1 aliphatic rings. The maximum absolute atomic E-state index is 11.9. The Balaban J connectivity index is 1.69. The van der Waals surface area contributed by atoms with E-state index in [1.54, 1.807) is 0 Å². The van der Waals surface area contributed by atoms with Gasteiger partial charge < -0.3 is 10.6 Å². The molecule has 1 atom stereocenters. The fourth-order valence-electron chi connectivity index (χ4n) is 2.41. The molecule has 0 spiro atoms. The number of hydrogen-bond donors (Lipinski definition) is 3. The lowest BCUT2D eigenvalue weighted by molar-refractivity contribution is -0.121. The highest BCUT2D eigenvalue weighted by molar-refractivity contribution is 7.88. The van der Waals surface area contributed by atoms with Crippen molar-refractivity contribution in [2.24, 2.45) is 0 Å². The van der Waals surface area contributed by atoms with Crippen molar-refractivity contribution in [3.05, 3.63) is 29.8 Å². The number of para-hydroxylation sites is 1. The second kappa shape index (κ2) is 6.91. The third-order valence-corrected chi connectivity index (χ3v) is 4.14. The van der Waals surface area contributed by atoms with Crippen molar-refractivity contribution in [2.45, 2.75) is 18.8 Å². The first-order valence-electron chi connectivity index (χ1n) is 7.00. The predicted molar refractivity (Wildman–Crippen MR) is 82.8 cm³/mol. The summed E-state index contributed by atoms with van der Waals surface area (Å²) in [4.78, 5) is 11.9. The summed E-state index contributed by atoms with van der Waals surface area (Å²) in [6.07, 6.45) is 2.15. The molecule has 1 aliphatic heterocycles. The number of hydrogen-bond acceptors (Lipinski definition) is 4. The van der Waals surface area contributed by atoms with Crippen LogP contribution in [-0.2, 0) is 14.8 Å². The molecule has 116 valence electrons. The van der Waals surface area contributed by atoms with Crippen LogP contribution in [0, 0.1) is 0 Å². The minimum Gasteiger partial charge on any atom is -0.384 e. The van der Waals surface area contributed by atoms with E-state index in [1.807, 2.05) is 24.3 Å². The number of amides is 1. The quantitative estimate of drug-likeness (QED) is 0.645. The number of carbonyl (C=O) groups is 1. The van der Waals surface area contributed by atoms with Gasteiger partial charge in [0.2, 0.25) is 15.9 Å². The van der Waals surface area contributed by atoms with Crippen LogP contribution in [0.3, 0.4) is 0 Å². The van der Waals surface area contributed by atoms with E-state index < -0.39 is 10.0 Å². The van der Waals surface area contributed by atoms with Gasteiger partial charge in [-0.3, -0.25) is 4.79 Å². The molecule has 6 nitrogen and oxygen atoms in total. The molecular weight excluding hydrogens is 290 g/mol. The van der Waals surface area contributed by atoms with Crippen molar-refractivity contribution < 1.29 is 13.2 Å². The molecule has 0 aliphatic carbocycles. The SMILES string of the molecule is CS(=O)(=O)NCCCNC(=O)CC1CNc2ccccc21. The second-order valence-electron chi connectivity index (χ2n) is 5.24. The summed E-state index contributed by atoms with van der Waals surface area (Å²) in [5.74, 6) is 0.202. The summed E-state index contributed by atoms with van der Waals surface area (Å²) in [6, 6.07) is 8.02. The molecule has 1 aromatic carbocycles. The van der Waals surface area contributed by atoms with Crippen LogP contribution in [0.5, 0.6) is 0 Å². The van der Waals surface area contributed by atoms with Crippen LogP contribution in [0.4, 0.5) is 5.69 Å². The summed E-state index contributed by atoms with van der Waals surface area (Å²) in [7, 11) is -3.15. The fraction of sp³-hybridized carbons (Fsp3) is 0.500. The molecule has 0 aromatic heterocycles. The van der Waals surface area contributed by atoms with E-state index in [4.69, 9.17) is 0 Å². The lowest BCUT2D eigenvalue weighted by Crippen LogP contribution is -2.30. The summed E-state index contributed by atoms with van der Waals surface area (Å²) in [5.41, 5.74) is 2.29. The van der Waals surface area contributed by atoms with E-state index in [2.05, 4.69) is 15.4 Å². The molecule has 1 unspecified atom stereocenters. The summed E-state index contributed by atoms with van der Waals surface area (Å²) < 4.78 is 24.1. The normalized spacial score (nSPS) is 17.1. The van der Waals surface area contributed by atoms with Crippen molar-refractivity contribution in [3.63, 3.8) is 0 Å².